The summed E-state index contributed by atoms with van der Waals surface area (Å²) in [6.07, 6.45) is 5.38. The molecule has 1 fully saturated rings. The summed E-state index contributed by atoms with van der Waals surface area (Å²) in [6, 6.07) is 17.9. The Kier molecular flexibility index (Phi) is 7.04. The van der Waals surface area contributed by atoms with Crippen LogP contribution in [0.3, 0.4) is 0 Å². The molecule has 3 aromatic carbocycles. The molecule has 11 rings (SSSR count). The van der Waals surface area contributed by atoms with Gasteiger partial charge in [-0.25, -0.2) is 9.97 Å². The number of H-pyrrole nitrogens is 1. The Morgan fingerprint density at radius 3 is 2.74 bits per heavy atom. The number of benzene rings is 3. The number of amides is 1. The number of aromatic nitrogens is 3. The Labute approximate surface area is 310 Å². The molecule has 0 saturated carbocycles. The van der Waals surface area contributed by atoms with Gasteiger partial charge in [0, 0.05) is 57.4 Å². The SMILES string of the molecule is CC(C)C1NC(=O)[C@@H](CC(=O)[C@@H]2CCCN2)Cc2ccc3c(c2)C24c5cccc(c5N[C@H]2O3)-c2cccc3[nH]cc(c23)-c2cnc(o2)-c2nc1oc24.Cl. The largest absolute Gasteiger partial charge is 0.469 e. The number of nitrogens with zero attached hydrogens (tertiary/aromatic N) is 2. The van der Waals surface area contributed by atoms with E-state index in [2.05, 4.69) is 63.4 Å². The van der Waals surface area contributed by atoms with Gasteiger partial charge >= 0.3 is 0 Å². The first-order chi connectivity index (χ1) is 25.4. The topological polar surface area (TPSA) is 147 Å². The summed E-state index contributed by atoms with van der Waals surface area (Å²) in [6.45, 7) is 4.88. The molecule has 4 N–H and O–H groups in total. The van der Waals surface area contributed by atoms with E-state index in [-0.39, 0.29) is 42.5 Å². The lowest BCUT2D eigenvalue weighted by Crippen LogP contribution is -2.41. The molecule has 2 unspecified atom stereocenters. The van der Waals surface area contributed by atoms with E-state index in [0.29, 0.717) is 41.2 Å². The van der Waals surface area contributed by atoms with Gasteiger partial charge in [-0.05, 0) is 55.0 Å². The second-order valence-electron chi connectivity index (χ2n) is 15.1. The zero-order chi connectivity index (χ0) is 34.9. The fraction of sp³-hybridized carbons (Fsp3) is 0.317. The predicted molar refractivity (Wildman–Crippen MR) is 200 cm³/mol. The molecule has 10 bridgehead atoms. The first kappa shape index (κ1) is 32.3. The highest BCUT2D eigenvalue weighted by atomic mass is 35.5. The molecule has 12 heteroatoms. The number of nitrogens with one attached hydrogen (secondary N) is 4. The van der Waals surface area contributed by atoms with Crippen LogP contribution in [0.1, 0.15) is 67.5 Å². The van der Waals surface area contributed by atoms with Crippen molar-refractivity contribution in [1.82, 2.24) is 25.6 Å². The lowest BCUT2D eigenvalue weighted by molar-refractivity contribution is -0.131. The average Bonchev–Trinajstić information content (AvgIpc) is 3.99. The third-order valence-electron chi connectivity index (χ3n) is 11.8. The number of carbonyl (C=O) groups is 2. The lowest BCUT2D eigenvalue weighted by atomic mass is 9.72. The van der Waals surface area contributed by atoms with E-state index in [9.17, 15) is 9.59 Å². The van der Waals surface area contributed by atoms with Crippen LogP contribution in [0.2, 0.25) is 0 Å². The number of ketones is 1. The molecule has 0 radical (unpaired) electrons. The molecule has 5 aliphatic heterocycles. The third kappa shape index (κ3) is 4.44. The maximum atomic E-state index is 14.3. The van der Waals surface area contributed by atoms with Gasteiger partial charge in [-0.2, -0.15) is 0 Å². The van der Waals surface area contributed by atoms with Crippen molar-refractivity contribution in [2.24, 2.45) is 11.8 Å². The Hall–Kier alpha value is -5.39. The van der Waals surface area contributed by atoms with Gasteiger partial charge in [-0.3, -0.25) is 9.59 Å². The van der Waals surface area contributed by atoms with E-state index in [1.165, 1.54) is 0 Å². The fourth-order valence-electron chi connectivity index (χ4n) is 9.32. The number of rotatable bonds is 4. The molecule has 3 aromatic heterocycles. The highest BCUT2D eigenvalue weighted by molar-refractivity contribution is 6.07. The fourth-order valence-corrected chi connectivity index (χ4v) is 9.32. The van der Waals surface area contributed by atoms with Gasteiger partial charge in [0.05, 0.1) is 12.2 Å². The number of fused-ring (bicyclic) bond motifs is 7. The minimum absolute atomic E-state index is 0. The molecule has 5 atom stereocenters. The van der Waals surface area contributed by atoms with E-state index in [0.717, 1.165) is 69.4 Å². The summed E-state index contributed by atoms with van der Waals surface area (Å²) in [5.74, 6) is 1.69. The number of carbonyl (C=O) groups excluding carboxylic acids is 2. The van der Waals surface area contributed by atoms with Gasteiger partial charge in [0.25, 0.3) is 0 Å². The molecule has 268 valence electrons. The Balaban J connectivity index is 0.00000349. The highest BCUT2D eigenvalue weighted by Gasteiger charge is 2.61. The van der Waals surface area contributed by atoms with Crippen molar-refractivity contribution in [3.63, 3.8) is 0 Å². The number of hydrogen-bond donors (Lipinski definition) is 4. The van der Waals surface area contributed by atoms with Crippen molar-refractivity contribution in [2.75, 3.05) is 11.9 Å². The molecule has 5 aliphatic rings. The summed E-state index contributed by atoms with van der Waals surface area (Å²) >= 11 is 0. The number of ether oxygens (including phenoxy) is 1. The van der Waals surface area contributed by atoms with Crippen LogP contribution >= 0.6 is 12.4 Å². The van der Waals surface area contributed by atoms with Crippen molar-refractivity contribution in [2.45, 2.75) is 63.3 Å². The molecule has 0 aliphatic carbocycles. The van der Waals surface area contributed by atoms with Crippen molar-refractivity contribution in [1.29, 1.82) is 0 Å². The van der Waals surface area contributed by atoms with E-state index >= 15 is 0 Å². The van der Waals surface area contributed by atoms with Gasteiger partial charge in [0.15, 0.2) is 29.2 Å². The quantitative estimate of drug-likeness (QED) is 0.150. The minimum Gasteiger partial charge on any atom is -0.469 e. The lowest BCUT2D eigenvalue weighted by Gasteiger charge is -2.28. The number of halogens is 1. The molecule has 11 nitrogen and oxygen atoms in total. The van der Waals surface area contributed by atoms with Crippen LogP contribution in [0, 0.1) is 11.8 Å². The number of anilines is 1. The molecule has 1 amide bonds. The molecular weight excluding hydrogens is 692 g/mol. The molecular formula is C41H37ClN6O5. The van der Waals surface area contributed by atoms with Gasteiger partial charge in [-0.1, -0.05) is 56.3 Å². The Morgan fingerprint density at radius 1 is 1.02 bits per heavy atom. The van der Waals surface area contributed by atoms with E-state index in [1.54, 1.807) is 6.20 Å². The smallest absolute Gasteiger partial charge is 0.249 e. The number of oxazole rings is 2. The monoisotopic (exact) mass is 728 g/mol. The third-order valence-corrected chi connectivity index (χ3v) is 11.8. The molecule has 1 spiro atoms. The highest BCUT2D eigenvalue weighted by Crippen LogP contribution is 2.61. The first-order valence-electron chi connectivity index (χ1n) is 18.2. The van der Waals surface area contributed by atoms with Gasteiger partial charge < -0.3 is 34.5 Å². The summed E-state index contributed by atoms with van der Waals surface area (Å²) in [5, 5.41) is 11.4. The normalized spacial score (nSPS) is 24.4. The molecule has 8 heterocycles. The van der Waals surface area contributed by atoms with Crippen molar-refractivity contribution in [3.8, 4) is 39.8 Å². The Bertz CT molecular complexity index is 2490. The summed E-state index contributed by atoms with van der Waals surface area (Å²) in [7, 11) is 0. The van der Waals surface area contributed by atoms with Crippen LogP contribution in [0.25, 0.3) is 44.9 Å². The van der Waals surface area contributed by atoms with E-state index in [1.807, 2.05) is 32.2 Å². The van der Waals surface area contributed by atoms with Crippen molar-refractivity contribution >= 4 is 40.7 Å². The van der Waals surface area contributed by atoms with Gasteiger partial charge in [0.2, 0.25) is 17.7 Å². The van der Waals surface area contributed by atoms with Crippen LogP contribution in [0.5, 0.6) is 5.75 Å². The number of Topliss-reactive ketones (excluding diaryl/α,β-unsaturated/α-hetero) is 1. The van der Waals surface area contributed by atoms with Crippen molar-refractivity contribution < 1.29 is 23.2 Å². The summed E-state index contributed by atoms with van der Waals surface area (Å²) < 4.78 is 20.5. The number of para-hydroxylation sites is 1. The van der Waals surface area contributed by atoms with Crippen LogP contribution in [0.15, 0.2) is 75.8 Å². The minimum atomic E-state index is -0.996. The molecule has 6 aromatic rings. The zero-order valence-electron chi connectivity index (χ0n) is 29.1. The maximum Gasteiger partial charge on any atom is 0.249 e. The van der Waals surface area contributed by atoms with Crippen LogP contribution in [0.4, 0.5) is 5.69 Å². The maximum absolute atomic E-state index is 14.3. The first-order valence-corrected chi connectivity index (χ1v) is 18.2. The average molecular weight is 729 g/mol. The summed E-state index contributed by atoms with van der Waals surface area (Å²) in [4.78, 5) is 41.3. The van der Waals surface area contributed by atoms with Crippen LogP contribution in [-0.2, 0) is 21.4 Å². The van der Waals surface area contributed by atoms with Crippen molar-refractivity contribution in [3.05, 3.63) is 95.3 Å². The Morgan fingerprint density at radius 2 is 1.89 bits per heavy atom. The standard InChI is InChI=1S/C41H36N6O5.ClH/c1-19(2)33-39-46-35-36(52-39)41-25-8-3-7-23(22-6-4-9-28-32(22)24(17-43-28)31-18-44-38(35)50-31)34(25)47-40(41)51-30-12-11-20(15-26(30)41)14-21(37(49)45-33)16-29(48)27-10-5-13-42-27;/h3-4,6-9,11-12,15,17-19,21,27,33,40,42-43,47H,5,10,13-14,16H2,1-2H3,(H,45,49);1H/t21-,27+,33?,40+,41?;/m1./s1. The van der Waals surface area contributed by atoms with Crippen LogP contribution < -0.4 is 20.7 Å². The second-order valence-corrected chi connectivity index (χ2v) is 15.1. The van der Waals surface area contributed by atoms with E-state index in [4.69, 9.17) is 23.5 Å². The van der Waals surface area contributed by atoms with E-state index < -0.39 is 23.6 Å². The van der Waals surface area contributed by atoms with Crippen LogP contribution in [-0.4, -0.2) is 45.5 Å². The molecule has 53 heavy (non-hydrogen) atoms. The predicted octanol–water partition coefficient (Wildman–Crippen LogP) is 7.06. The number of hydrogen-bond acceptors (Lipinski definition) is 9. The second kappa shape index (κ2) is 11.6. The van der Waals surface area contributed by atoms with Gasteiger partial charge in [-0.15, -0.1) is 12.4 Å². The molecule has 1 saturated heterocycles. The summed E-state index contributed by atoms with van der Waals surface area (Å²) in [5.41, 5.74) is 7.15. The van der Waals surface area contributed by atoms with Gasteiger partial charge in [0.1, 0.15) is 17.2 Å². The number of aromatic amines is 1. The zero-order valence-corrected chi connectivity index (χ0v) is 29.9.